The van der Waals surface area contributed by atoms with E-state index < -0.39 is 13.2 Å². The fourth-order valence-corrected chi connectivity index (χ4v) is 1.83. The number of rotatable bonds is 1. The number of nitrogen functional groups attached to an aromatic ring is 1. The van der Waals surface area contributed by atoms with Crippen LogP contribution >= 0.6 is 19.2 Å². The Hall–Kier alpha value is -1.17. The van der Waals surface area contributed by atoms with E-state index in [-0.39, 0.29) is 0 Å². The summed E-state index contributed by atoms with van der Waals surface area (Å²) < 4.78 is 9.33. The summed E-state index contributed by atoms with van der Waals surface area (Å²) in [4.78, 5) is 19.6. The number of pyridine rings is 1. The quantitative estimate of drug-likeness (QED) is 0.596. The Morgan fingerprint density at radius 3 is 2.29 bits per heavy atom. The van der Waals surface area contributed by atoms with Crippen LogP contribution < -0.4 is 5.73 Å². The second-order valence-electron chi connectivity index (χ2n) is 5.16. The molecule has 0 spiro atoms. The third-order valence-corrected chi connectivity index (χ3v) is 2.62. The van der Waals surface area contributed by atoms with Gasteiger partial charge in [-0.25, -0.2) is 4.98 Å². The number of hydrogen-bond donors (Lipinski definition) is 4. The van der Waals surface area contributed by atoms with E-state index in [9.17, 15) is 9.67 Å². The van der Waals surface area contributed by atoms with Gasteiger partial charge in [0.25, 0.3) is 0 Å². The van der Waals surface area contributed by atoms with Crippen LogP contribution in [0.15, 0.2) is 24.3 Å². The standard InChI is InChI=1S/C12H13ClN2O.CH5O3P/c1-12(2,16)11-9(14)6-7-5-8(13)3-4-10(7)15-11;1-5(2,3)4/h3-6,16H,14H2,1-2H3;1H3,(H2,2,3,4). The van der Waals surface area contributed by atoms with Gasteiger partial charge < -0.3 is 20.6 Å². The van der Waals surface area contributed by atoms with Gasteiger partial charge in [-0.3, -0.25) is 4.57 Å². The summed E-state index contributed by atoms with van der Waals surface area (Å²) in [6.07, 6.45) is 0. The summed E-state index contributed by atoms with van der Waals surface area (Å²) in [5.74, 6) is 0. The molecule has 0 amide bonds. The van der Waals surface area contributed by atoms with Crippen molar-refractivity contribution in [2.24, 2.45) is 0 Å². The first-order valence-electron chi connectivity index (χ1n) is 5.99. The maximum atomic E-state index is 9.92. The van der Waals surface area contributed by atoms with E-state index in [1.54, 1.807) is 32.0 Å². The number of anilines is 1. The van der Waals surface area contributed by atoms with Crippen LogP contribution in [0, 0.1) is 0 Å². The molecule has 0 radical (unpaired) electrons. The van der Waals surface area contributed by atoms with Crippen molar-refractivity contribution in [3.8, 4) is 0 Å². The Balaban J connectivity index is 0.000000383. The highest BCUT2D eigenvalue weighted by molar-refractivity contribution is 7.50. The second-order valence-corrected chi connectivity index (χ2v) is 7.26. The average Bonchev–Trinajstić information content (AvgIpc) is 2.23. The minimum absolute atomic E-state index is 0.474. The number of hydrogen-bond acceptors (Lipinski definition) is 4. The molecule has 1 aromatic carbocycles. The highest BCUT2D eigenvalue weighted by Crippen LogP contribution is 2.28. The molecule has 0 aliphatic rings. The van der Waals surface area contributed by atoms with E-state index in [1.165, 1.54) is 0 Å². The number of halogens is 1. The lowest BCUT2D eigenvalue weighted by molar-refractivity contribution is 0.0751. The third-order valence-electron chi connectivity index (χ3n) is 2.39. The molecule has 0 aliphatic carbocycles. The maximum Gasteiger partial charge on any atom is 0.322 e. The Bertz CT molecular complexity index is 686. The van der Waals surface area contributed by atoms with Gasteiger partial charge in [-0.05, 0) is 38.1 Å². The summed E-state index contributed by atoms with van der Waals surface area (Å²) in [5.41, 5.74) is 6.55. The molecule has 21 heavy (non-hydrogen) atoms. The monoisotopic (exact) mass is 332 g/mol. The van der Waals surface area contributed by atoms with Crippen LogP contribution in [0.2, 0.25) is 5.02 Å². The maximum absolute atomic E-state index is 9.92. The van der Waals surface area contributed by atoms with Crippen LogP contribution in [-0.4, -0.2) is 26.5 Å². The molecule has 0 fully saturated rings. The van der Waals surface area contributed by atoms with Crippen molar-refractivity contribution in [2.45, 2.75) is 19.4 Å². The largest absolute Gasteiger partial charge is 0.397 e. The highest BCUT2D eigenvalue weighted by Gasteiger charge is 2.21. The number of nitrogens with zero attached hydrogens (tertiary/aromatic N) is 1. The predicted molar refractivity (Wildman–Crippen MR) is 84.4 cm³/mol. The van der Waals surface area contributed by atoms with E-state index >= 15 is 0 Å². The van der Waals surface area contributed by atoms with E-state index in [1.807, 2.05) is 6.07 Å². The summed E-state index contributed by atoms with van der Waals surface area (Å²) in [5, 5.41) is 11.4. The zero-order chi connectivity index (χ0) is 16.4. The van der Waals surface area contributed by atoms with Crippen LogP contribution in [0.1, 0.15) is 19.5 Å². The minimum atomic E-state index is -3.64. The summed E-state index contributed by atoms with van der Waals surface area (Å²) in [6.45, 7) is 4.17. The zero-order valence-corrected chi connectivity index (χ0v) is 13.6. The van der Waals surface area contributed by atoms with Gasteiger partial charge in [0.15, 0.2) is 0 Å². The summed E-state index contributed by atoms with van der Waals surface area (Å²) in [6, 6.07) is 7.16. The van der Waals surface area contributed by atoms with Crippen molar-refractivity contribution >= 4 is 35.8 Å². The molecule has 0 saturated carbocycles. The van der Waals surface area contributed by atoms with Crippen molar-refractivity contribution in [1.29, 1.82) is 0 Å². The van der Waals surface area contributed by atoms with Crippen LogP contribution in [0.3, 0.4) is 0 Å². The van der Waals surface area contributed by atoms with Crippen molar-refractivity contribution < 1.29 is 19.5 Å². The molecular weight excluding hydrogens is 315 g/mol. The molecule has 6 nitrogen and oxygen atoms in total. The molecule has 2 rings (SSSR count). The van der Waals surface area contributed by atoms with Gasteiger partial charge in [0.1, 0.15) is 5.60 Å². The van der Waals surface area contributed by atoms with Gasteiger partial charge in [-0.1, -0.05) is 11.6 Å². The van der Waals surface area contributed by atoms with Crippen molar-refractivity contribution in [3.05, 3.63) is 35.0 Å². The molecule has 0 saturated heterocycles. The molecule has 5 N–H and O–H groups in total. The first-order chi connectivity index (χ1) is 9.38. The first kappa shape index (κ1) is 17.9. The fourth-order valence-electron chi connectivity index (χ4n) is 1.65. The average molecular weight is 333 g/mol. The molecule has 2 aromatic rings. The normalized spacial score (nSPS) is 12.0. The van der Waals surface area contributed by atoms with Gasteiger partial charge in [0.2, 0.25) is 0 Å². The summed E-state index contributed by atoms with van der Waals surface area (Å²) in [7, 11) is -3.64. The number of aromatic nitrogens is 1. The van der Waals surface area contributed by atoms with Crippen molar-refractivity contribution in [3.63, 3.8) is 0 Å². The number of aliphatic hydroxyl groups is 1. The zero-order valence-electron chi connectivity index (χ0n) is 11.9. The lowest BCUT2D eigenvalue weighted by atomic mass is 10.0. The lowest BCUT2D eigenvalue weighted by Crippen LogP contribution is -2.19. The molecule has 1 heterocycles. The third kappa shape index (κ3) is 5.99. The molecular formula is C13H18ClN2O4P. The highest BCUT2D eigenvalue weighted by atomic mass is 35.5. The Kier molecular flexibility index (Phi) is 5.36. The van der Waals surface area contributed by atoms with E-state index in [0.717, 1.165) is 17.6 Å². The second kappa shape index (κ2) is 6.30. The van der Waals surface area contributed by atoms with Gasteiger partial charge in [-0.2, -0.15) is 0 Å². The summed E-state index contributed by atoms with van der Waals surface area (Å²) >= 11 is 5.88. The fraction of sp³-hybridized carbons (Fsp3) is 0.308. The first-order valence-corrected chi connectivity index (χ1v) is 8.43. The van der Waals surface area contributed by atoms with Gasteiger partial charge in [-0.15, -0.1) is 0 Å². The molecule has 0 atom stereocenters. The van der Waals surface area contributed by atoms with Crippen molar-refractivity contribution in [1.82, 2.24) is 4.98 Å². The molecule has 8 heteroatoms. The van der Waals surface area contributed by atoms with Crippen LogP contribution in [0.4, 0.5) is 5.69 Å². The van der Waals surface area contributed by atoms with Crippen molar-refractivity contribution in [2.75, 3.05) is 12.4 Å². The van der Waals surface area contributed by atoms with E-state index in [0.29, 0.717) is 16.4 Å². The van der Waals surface area contributed by atoms with Gasteiger partial charge >= 0.3 is 7.60 Å². The molecule has 0 aliphatic heterocycles. The van der Waals surface area contributed by atoms with Crippen LogP contribution in [-0.2, 0) is 10.2 Å². The number of nitrogens with two attached hydrogens (primary N) is 1. The molecule has 0 bridgehead atoms. The Morgan fingerprint density at radius 1 is 1.29 bits per heavy atom. The van der Waals surface area contributed by atoms with E-state index in [2.05, 4.69) is 4.98 Å². The topological polar surface area (TPSA) is 117 Å². The van der Waals surface area contributed by atoms with Gasteiger partial charge in [0, 0.05) is 17.1 Å². The number of benzene rings is 1. The Morgan fingerprint density at radius 2 is 1.81 bits per heavy atom. The molecule has 116 valence electrons. The SMILES string of the molecule is CC(C)(O)c1nc2ccc(Cl)cc2cc1N.CP(=O)(O)O. The lowest BCUT2D eigenvalue weighted by Gasteiger charge is -2.19. The minimum Gasteiger partial charge on any atom is -0.397 e. The van der Waals surface area contributed by atoms with E-state index in [4.69, 9.17) is 27.1 Å². The molecule has 0 unspecified atom stereocenters. The smallest absolute Gasteiger partial charge is 0.322 e. The van der Waals surface area contributed by atoms with Crippen LogP contribution in [0.5, 0.6) is 0 Å². The predicted octanol–water partition coefficient (Wildman–Crippen LogP) is 2.49. The van der Waals surface area contributed by atoms with Crippen LogP contribution in [0.25, 0.3) is 10.9 Å². The van der Waals surface area contributed by atoms with Gasteiger partial charge in [0.05, 0.1) is 16.9 Å². The Labute approximate surface area is 127 Å². The number of fused-ring (bicyclic) bond motifs is 1. The molecule has 1 aromatic heterocycles.